The van der Waals surface area contributed by atoms with E-state index in [2.05, 4.69) is 9.97 Å². The zero-order valence-corrected chi connectivity index (χ0v) is 11.1. The maximum Gasteiger partial charge on any atom is 0.273 e. The summed E-state index contributed by atoms with van der Waals surface area (Å²) in [6.45, 7) is 1.58. The van der Waals surface area contributed by atoms with Crippen LogP contribution in [-0.2, 0) is 0 Å². The summed E-state index contributed by atoms with van der Waals surface area (Å²) in [4.78, 5) is 41.7. The van der Waals surface area contributed by atoms with Crippen molar-refractivity contribution in [2.24, 2.45) is 0 Å². The molecule has 0 saturated carbocycles. The van der Waals surface area contributed by atoms with Crippen LogP contribution in [0.1, 0.15) is 33.0 Å². The summed E-state index contributed by atoms with van der Waals surface area (Å²) in [6.07, 6.45) is 2.38. The Labute approximate surface area is 119 Å². The molecule has 2 rings (SSSR count). The first-order chi connectivity index (χ1) is 9.99. The Morgan fingerprint density at radius 3 is 2.48 bits per heavy atom. The number of nitro benzene ring substituents is 1. The number of ketones is 2. The summed E-state index contributed by atoms with van der Waals surface area (Å²) in [5.74, 6) is -1.08. The van der Waals surface area contributed by atoms with Crippen LogP contribution < -0.4 is 0 Å². The number of aromatic nitrogens is 2. The smallest absolute Gasteiger partial charge is 0.273 e. The van der Waals surface area contributed by atoms with Crippen LogP contribution in [-0.4, -0.2) is 26.5 Å². The number of nitro groups is 1. The molecule has 0 atom stereocenters. The maximum absolute atomic E-state index is 12.0. The zero-order chi connectivity index (χ0) is 15.4. The first kappa shape index (κ1) is 14.4. The summed E-state index contributed by atoms with van der Waals surface area (Å²) >= 11 is 0. The number of hydrogen-bond donors (Lipinski definition) is 0. The summed E-state index contributed by atoms with van der Waals surface area (Å²) in [5.41, 5.74) is 0.426. The van der Waals surface area contributed by atoms with Gasteiger partial charge in [-0.1, -0.05) is 12.1 Å². The third-order valence-electron chi connectivity index (χ3n) is 2.86. The van der Waals surface area contributed by atoms with Gasteiger partial charge in [0.1, 0.15) is 0 Å². The largest absolute Gasteiger partial charge is 0.294 e. The van der Waals surface area contributed by atoms with Crippen molar-refractivity contribution in [1.82, 2.24) is 9.97 Å². The van der Waals surface area contributed by atoms with Crippen molar-refractivity contribution in [1.29, 1.82) is 0 Å². The standard InChI is InChI=1S/C14H11N3O4/c1-9-3-4-10(7-11(9)17(20)21)12(18)8-13(19)14-15-5-2-6-16-14/h2-7H,8H2,1H3. The summed E-state index contributed by atoms with van der Waals surface area (Å²) in [7, 11) is 0. The van der Waals surface area contributed by atoms with E-state index < -0.39 is 22.9 Å². The molecule has 0 aliphatic heterocycles. The van der Waals surface area contributed by atoms with Gasteiger partial charge in [0.05, 0.1) is 11.3 Å². The van der Waals surface area contributed by atoms with Crippen molar-refractivity contribution >= 4 is 17.3 Å². The van der Waals surface area contributed by atoms with Crippen LogP contribution in [0.4, 0.5) is 5.69 Å². The van der Waals surface area contributed by atoms with E-state index in [1.807, 2.05) is 0 Å². The van der Waals surface area contributed by atoms with E-state index >= 15 is 0 Å². The van der Waals surface area contributed by atoms with Gasteiger partial charge in [-0.25, -0.2) is 9.97 Å². The van der Waals surface area contributed by atoms with Crippen LogP contribution in [0.2, 0.25) is 0 Å². The first-order valence-electron chi connectivity index (χ1n) is 6.07. The van der Waals surface area contributed by atoms with E-state index in [9.17, 15) is 19.7 Å². The molecular formula is C14H11N3O4. The summed E-state index contributed by atoms with van der Waals surface area (Å²) in [5, 5.41) is 10.8. The minimum atomic E-state index is -0.561. The van der Waals surface area contributed by atoms with Gasteiger partial charge in [-0.2, -0.15) is 0 Å². The zero-order valence-electron chi connectivity index (χ0n) is 11.1. The second-order valence-corrected chi connectivity index (χ2v) is 4.35. The number of nitrogens with zero attached hydrogens (tertiary/aromatic N) is 3. The topological polar surface area (TPSA) is 103 Å². The van der Waals surface area contributed by atoms with Crippen molar-refractivity contribution < 1.29 is 14.5 Å². The Balaban J connectivity index is 2.19. The van der Waals surface area contributed by atoms with E-state index in [1.165, 1.54) is 30.6 Å². The molecule has 1 heterocycles. The number of carbonyl (C=O) groups is 2. The van der Waals surface area contributed by atoms with E-state index in [-0.39, 0.29) is 17.1 Å². The van der Waals surface area contributed by atoms with Crippen molar-refractivity contribution in [2.45, 2.75) is 13.3 Å². The lowest BCUT2D eigenvalue weighted by Crippen LogP contribution is -2.11. The normalized spacial score (nSPS) is 10.1. The van der Waals surface area contributed by atoms with Gasteiger partial charge in [0.15, 0.2) is 11.6 Å². The van der Waals surface area contributed by atoms with E-state index in [1.54, 1.807) is 13.0 Å². The number of hydrogen-bond acceptors (Lipinski definition) is 6. The minimum absolute atomic E-state index is 0.0486. The fraction of sp³-hybridized carbons (Fsp3) is 0.143. The predicted molar refractivity (Wildman–Crippen MR) is 73.1 cm³/mol. The molecule has 2 aromatic rings. The molecule has 0 radical (unpaired) electrons. The highest BCUT2D eigenvalue weighted by Crippen LogP contribution is 2.20. The van der Waals surface area contributed by atoms with Crippen LogP contribution in [0.5, 0.6) is 0 Å². The Bertz CT molecular complexity index is 713. The lowest BCUT2D eigenvalue weighted by molar-refractivity contribution is -0.385. The molecule has 0 unspecified atom stereocenters. The molecular weight excluding hydrogens is 274 g/mol. The van der Waals surface area contributed by atoms with Gasteiger partial charge >= 0.3 is 0 Å². The fourth-order valence-electron chi connectivity index (χ4n) is 1.75. The highest BCUT2D eigenvalue weighted by atomic mass is 16.6. The number of benzene rings is 1. The Hall–Kier alpha value is -2.96. The molecule has 21 heavy (non-hydrogen) atoms. The van der Waals surface area contributed by atoms with Gasteiger partial charge in [-0.05, 0) is 13.0 Å². The number of Topliss-reactive ketones (excluding diaryl/α,β-unsaturated/α-hetero) is 2. The van der Waals surface area contributed by atoms with Crippen molar-refractivity contribution in [3.63, 3.8) is 0 Å². The van der Waals surface area contributed by atoms with E-state index in [0.717, 1.165) is 0 Å². The van der Waals surface area contributed by atoms with Gasteiger partial charge in [-0.15, -0.1) is 0 Å². The third-order valence-corrected chi connectivity index (χ3v) is 2.86. The molecule has 0 fully saturated rings. The quantitative estimate of drug-likeness (QED) is 0.361. The predicted octanol–water partition coefficient (Wildman–Crippen LogP) is 2.15. The highest BCUT2D eigenvalue weighted by Gasteiger charge is 2.19. The molecule has 7 nitrogen and oxygen atoms in total. The van der Waals surface area contributed by atoms with E-state index in [4.69, 9.17) is 0 Å². The molecule has 0 amide bonds. The molecule has 0 saturated heterocycles. The summed E-state index contributed by atoms with van der Waals surface area (Å²) in [6, 6.07) is 5.68. The van der Waals surface area contributed by atoms with Gasteiger partial charge in [0.2, 0.25) is 5.78 Å². The Kier molecular flexibility index (Phi) is 4.13. The van der Waals surface area contributed by atoms with Gasteiger partial charge in [0.25, 0.3) is 5.69 Å². The summed E-state index contributed by atoms with van der Waals surface area (Å²) < 4.78 is 0. The van der Waals surface area contributed by atoms with Crippen molar-refractivity contribution in [3.8, 4) is 0 Å². The lowest BCUT2D eigenvalue weighted by Gasteiger charge is -2.02. The molecule has 0 aliphatic carbocycles. The molecule has 0 spiro atoms. The lowest BCUT2D eigenvalue weighted by atomic mass is 10.0. The van der Waals surface area contributed by atoms with Crippen molar-refractivity contribution in [2.75, 3.05) is 0 Å². The van der Waals surface area contributed by atoms with E-state index in [0.29, 0.717) is 5.56 Å². The molecule has 0 N–H and O–H groups in total. The SMILES string of the molecule is Cc1ccc(C(=O)CC(=O)c2ncccn2)cc1[N+](=O)[O-]. The van der Waals surface area contributed by atoms with Gasteiger partial charge in [-0.3, -0.25) is 19.7 Å². The van der Waals surface area contributed by atoms with Crippen LogP contribution in [0.25, 0.3) is 0 Å². The fourth-order valence-corrected chi connectivity index (χ4v) is 1.75. The van der Waals surface area contributed by atoms with Crippen LogP contribution in [0.3, 0.4) is 0 Å². The van der Waals surface area contributed by atoms with Crippen LogP contribution in [0, 0.1) is 17.0 Å². The second-order valence-electron chi connectivity index (χ2n) is 4.35. The minimum Gasteiger partial charge on any atom is -0.294 e. The van der Waals surface area contributed by atoms with Crippen molar-refractivity contribution in [3.05, 3.63) is 63.7 Å². The van der Waals surface area contributed by atoms with Gasteiger partial charge in [0, 0.05) is 29.6 Å². The van der Waals surface area contributed by atoms with Gasteiger partial charge < -0.3 is 0 Å². The highest BCUT2D eigenvalue weighted by molar-refractivity contribution is 6.12. The Morgan fingerprint density at radius 1 is 1.19 bits per heavy atom. The monoisotopic (exact) mass is 285 g/mol. The van der Waals surface area contributed by atoms with Crippen LogP contribution in [0.15, 0.2) is 36.7 Å². The number of carbonyl (C=O) groups excluding carboxylic acids is 2. The molecule has 0 aliphatic rings. The molecule has 106 valence electrons. The first-order valence-corrected chi connectivity index (χ1v) is 6.07. The van der Waals surface area contributed by atoms with Crippen LogP contribution >= 0.6 is 0 Å². The molecule has 0 bridgehead atoms. The average molecular weight is 285 g/mol. The molecule has 7 heteroatoms. The second kappa shape index (κ2) is 6.00. The Morgan fingerprint density at radius 2 is 1.86 bits per heavy atom. The number of aryl methyl sites for hydroxylation is 1. The maximum atomic E-state index is 12.0. The molecule has 1 aromatic carbocycles. The molecule has 1 aromatic heterocycles. The average Bonchev–Trinajstić information content (AvgIpc) is 2.48. The number of rotatable bonds is 5. The third kappa shape index (κ3) is 3.33.